The molecule has 0 aromatic heterocycles. The highest BCUT2D eigenvalue weighted by Gasteiger charge is 2.20. The topological polar surface area (TPSA) is 44.5 Å². The molecule has 1 heterocycles. The van der Waals surface area contributed by atoms with Crippen molar-refractivity contribution in [2.45, 2.75) is 19.4 Å². The first kappa shape index (κ1) is 9.80. The van der Waals surface area contributed by atoms with Gasteiger partial charge < -0.3 is 15.2 Å². The predicted octanol–water partition coefficient (Wildman–Crippen LogP) is 2.07. The average molecular weight is 258 g/mol. The van der Waals surface area contributed by atoms with Crippen LogP contribution in [0.15, 0.2) is 16.6 Å². The van der Waals surface area contributed by atoms with Crippen LogP contribution in [0.5, 0.6) is 11.5 Å². The Morgan fingerprint density at radius 2 is 2.14 bits per heavy atom. The first-order valence-electron chi connectivity index (χ1n) is 4.51. The molecule has 1 aromatic rings. The van der Waals surface area contributed by atoms with E-state index in [-0.39, 0.29) is 6.04 Å². The van der Waals surface area contributed by atoms with E-state index in [9.17, 15) is 0 Å². The fourth-order valence-corrected chi connectivity index (χ4v) is 1.95. The Kier molecular flexibility index (Phi) is 2.65. The van der Waals surface area contributed by atoms with Crippen LogP contribution in [-0.4, -0.2) is 12.8 Å². The molecule has 0 aliphatic carbocycles. The molecular formula is C10H12BrNO2. The van der Waals surface area contributed by atoms with Crippen molar-refractivity contribution in [3.63, 3.8) is 0 Å². The van der Waals surface area contributed by atoms with Crippen LogP contribution >= 0.6 is 15.9 Å². The highest BCUT2D eigenvalue weighted by Crippen LogP contribution is 2.41. The summed E-state index contributed by atoms with van der Waals surface area (Å²) in [6, 6.07) is 4.11. The van der Waals surface area contributed by atoms with Gasteiger partial charge in [-0.05, 0) is 40.9 Å². The third kappa shape index (κ3) is 1.72. The van der Waals surface area contributed by atoms with Crippen LogP contribution in [-0.2, 0) is 6.42 Å². The maximum Gasteiger partial charge on any atom is 0.231 e. The number of nitrogens with two attached hydrogens (primary N) is 1. The number of ether oxygens (including phenoxy) is 2. The molecule has 1 aliphatic rings. The van der Waals surface area contributed by atoms with E-state index in [0.717, 1.165) is 28.0 Å². The molecule has 0 saturated carbocycles. The van der Waals surface area contributed by atoms with Crippen molar-refractivity contribution in [3.05, 3.63) is 22.2 Å². The van der Waals surface area contributed by atoms with Gasteiger partial charge in [-0.3, -0.25) is 0 Å². The van der Waals surface area contributed by atoms with Crippen LogP contribution in [0.2, 0.25) is 0 Å². The lowest BCUT2D eigenvalue weighted by molar-refractivity contribution is 0.172. The number of benzene rings is 1. The Bertz CT molecular complexity index is 352. The average Bonchev–Trinajstić information content (AvgIpc) is 2.58. The SMILES string of the molecule is CC(N)Cc1ccc(Br)c2c1OCO2. The molecule has 4 heteroatoms. The first-order valence-corrected chi connectivity index (χ1v) is 5.30. The van der Waals surface area contributed by atoms with E-state index in [1.54, 1.807) is 0 Å². The molecule has 14 heavy (non-hydrogen) atoms. The second kappa shape index (κ2) is 3.79. The lowest BCUT2D eigenvalue weighted by atomic mass is 10.1. The van der Waals surface area contributed by atoms with Gasteiger partial charge >= 0.3 is 0 Å². The third-order valence-corrected chi connectivity index (χ3v) is 2.72. The van der Waals surface area contributed by atoms with Gasteiger partial charge in [0.2, 0.25) is 6.79 Å². The van der Waals surface area contributed by atoms with Gasteiger partial charge in [-0.25, -0.2) is 0 Å². The molecule has 76 valence electrons. The van der Waals surface area contributed by atoms with Gasteiger partial charge in [0.15, 0.2) is 11.5 Å². The summed E-state index contributed by atoms with van der Waals surface area (Å²) in [6.07, 6.45) is 0.805. The van der Waals surface area contributed by atoms with Crippen molar-refractivity contribution in [1.29, 1.82) is 0 Å². The largest absolute Gasteiger partial charge is 0.453 e. The van der Waals surface area contributed by atoms with Gasteiger partial charge in [-0.1, -0.05) is 6.07 Å². The number of rotatable bonds is 2. The maximum absolute atomic E-state index is 5.75. The zero-order valence-corrected chi connectivity index (χ0v) is 9.50. The molecule has 2 N–H and O–H groups in total. The van der Waals surface area contributed by atoms with Gasteiger partial charge in [0.25, 0.3) is 0 Å². The summed E-state index contributed by atoms with van der Waals surface area (Å²) in [5.74, 6) is 1.62. The number of hydrogen-bond acceptors (Lipinski definition) is 3. The molecule has 1 aromatic carbocycles. The van der Waals surface area contributed by atoms with Crippen LogP contribution in [0.4, 0.5) is 0 Å². The Balaban J connectivity index is 2.38. The van der Waals surface area contributed by atoms with E-state index >= 15 is 0 Å². The van der Waals surface area contributed by atoms with Gasteiger partial charge in [0.05, 0.1) is 4.47 Å². The van der Waals surface area contributed by atoms with Gasteiger partial charge in [-0.2, -0.15) is 0 Å². The zero-order chi connectivity index (χ0) is 10.1. The van der Waals surface area contributed by atoms with Gasteiger partial charge in [0.1, 0.15) is 0 Å². The van der Waals surface area contributed by atoms with Crippen LogP contribution < -0.4 is 15.2 Å². The lowest BCUT2D eigenvalue weighted by Crippen LogP contribution is -2.18. The molecule has 0 saturated heterocycles. The molecule has 0 spiro atoms. The summed E-state index contributed by atoms with van der Waals surface area (Å²) in [5, 5.41) is 0. The van der Waals surface area contributed by atoms with Gasteiger partial charge in [-0.15, -0.1) is 0 Å². The zero-order valence-electron chi connectivity index (χ0n) is 7.92. The monoisotopic (exact) mass is 257 g/mol. The van der Waals surface area contributed by atoms with E-state index in [1.165, 1.54) is 0 Å². The molecule has 1 unspecified atom stereocenters. The van der Waals surface area contributed by atoms with Gasteiger partial charge in [0, 0.05) is 6.04 Å². The highest BCUT2D eigenvalue weighted by atomic mass is 79.9. The number of halogens is 1. The van der Waals surface area contributed by atoms with Crippen LogP contribution in [0, 0.1) is 0 Å². The summed E-state index contributed by atoms with van der Waals surface area (Å²) >= 11 is 3.41. The summed E-state index contributed by atoms with van der Waals surface area (Å²) in [7, 11) is 0. The molecule has 0 amide bonds. The lowest BCUT2D eigenvalue weighted by Gasteiger charge is -2.08. The number of hydrogen-bond donors (Lipinski definition) is 1. The highest BCUT2D eigenvalue weighted by molar-refractivity contribution is 9.10. The summed E-state index contributed by atoms with van der Waals surface area (Å²) in [5.41, 5.74) is 6.86. The normalized spacial score (nSPS) is 15.6. The van der Waals surface area contributed by atoms with E-state index in [1.807, 2.05) is 19.1 Å². The van der Waals surface area contributed by atoms with Crippen LogP contribution in [0.1, 0.15) is 12.5 Å². The summed E-state index contributed by atoms with van der Waals surface area (Å²) in [6.45, 7) is 2.27. The molecule has 0 fully saturated rings. The number of fused-ring (bicyclic) bond motifs is 1. The van der Waals surface area contributed by atoms with E-state index in [0.29, 0.717) is 6.79 Å². The fraction of sp³-hybridized carbons (Fsp3) is 0.400. The fourth-order valence-electron chi connectivity index (χ4n) is 1.53. The minimum absolute atomic E-state index is 0.129. The molecule has 2 rings (SSSR count). The predicted molar refractivity (Wildman–Crippen MR) is 57.6 cm³/mol. The minimum Gasteiger partial charge on any atom is -0.453 e. The summed E-state index contributed by atoms with van der Waals surface area (Å²) in [4.78, 5) is 0. The maximum atomic E-state index is 5.75. The van der Waals surface area contributed by atoms with E-state index in [4.69, 9.17) is 15.2 Å². The molecule has 3 nitrogen and oxygen atoms in total. The van der Waals surface area contributed by atoms with Crippen LogP contribution in [0.25, 0.3) is 0 Å². The molecule has 1 aliphatic heterocycles. The Labute approximate surface area is 91.3 Å². The standard InChI is InChI=1S/C10H12BrNO2/c1-6(12)4-7-2-3-8(11)10-9(7)13-5-14-10/h2-3,6H,4-5,12H2,1H3. The Morgan fingerprint density at radius 3 is 2.86 bits per heavy atom. The third-order valence-electron chi connectivity index (χ3n) is 2.09. The van der Waals surface area contributed by atoms with Crippen LogP contribution in [0.3, 0.4) is 0 Å². The minimum atomic E-state index is 0.129. The molecule has 0 radical (unpaired) electrons. The smallest absolute Gasteiger partial charge is 0.231 e. The molecule has 1 atom stereocenters. The second-order valence-corrected chi connectivity index (χ2v) is 4.31. The quantitative estimate of drug-likeness (QED) is 0.883. The van der Waals surface area contributed by atoms with Crippen molar-refractivity contribution in [1.82, 2.24) is 0 Å². The molecular weight excluding hydrogens is 246 g/mol. The van der Waals surface area contributed by atoms with Crippen molar-refractivity contribution in [2.75, 3.05) is 6.79 Å². The molecule has 0 bridgehead atoms. The first-order chi connectivity index (χ1) is 6.68. The van der Waals surface area contributed by atoms with Crippen molar-refractivity contribution in [3.8, 4) is 11.5 Å². The Hall–Kier alpha value is -0.740. The van der Waals surface area contributed by atoms with Crippen molar-refractivity contribution >= 4 is 15.9 Å². The van der Waals surface area contributed by atoms with E-state index < -0.39 is 0 Å². The summed E-state index contributed by atoms with van der Waals surface area (Å²) < 4.78 is 11.7. The second-order valence-electron chi connectivity index (χ2n) is 3.45. The van der Waals surface area contributed by atoms with Crippen molar-refractivity contribution < 1.29 is 9.47 Å². The van der Waals surface area contributed by atoms with Crippen molar-refractivity contribution in [2.24, 2.45) is 5.73 Å². The van der Waals surface area contributed by atoms with E-state index in [2.05, 4.69) is 15.9 Å². The Morgan fingerprint density at radius 1 is 1.43 bits per heavy atom.